The molecule has 13 heavy (non-hydrogen) atoms. The van der Waals surface area contributed by atoms with E-state index in [9.17, 15) is 4.79 Å². The lowest BCUT2D eigenvalue weighted by Gasteiger charge is -1.93. The molecule has 0 bridgehead atoms. The van der Waals surface area contributed by atoms with E-state index < -0.39 is 5.97 Å². The van der Waals surface area contributed by atoms with Gasteiger partial charge in [-0.1, -0.05) is 26.3 Å². The van der Waals surface area contributed by atoms with Crippen molar-refractivity contribution in [2.24, 2.45) is 0 Å². The van der Waals surface area contributed by atoms with Crippen LogP contribution in [0.3, 0.4) is 0 Å². The molecule has 3 heteroatoms. The molecule has 0 aromatic heterocycles. The van der Waals surface area contributed by atoms with Crippen molar-refractivity contribution in [3.05, 3.63) is 12.7 Å². The lowest BCUT2D eigenvalue weighted by molar-refractivity contribution is -0.134. The Morgan fingerprint density at radius 3 is 2.38 bits per heavy atom. The molecule has 0 unspecified atom stereocenters. The zero-order valence-corrected chi connectivity index (χ0v) is 8.93. The van der Waals surface area contributed by atoms with E-state index >= 15 is 0 Å². The Morgan fingerprint density at radius 1 is 1.54 bits per heavy atom. The van der Waals surface area contributed by atoms with Crippen LogP contribution in [0.25, 0.3) is 0 Å². The van der Waals surface area contributed by atoms with E-state index in [0.717, 1.165) is 6.08 Å². The van der Waals surface area contributed by atoms with Crippen LogP contribution in [0.15, 0.2) is 12.7 Å². The maximum Gasteiger partial charge on any atom is 0.329 e. The Bertz CT molecular complexity index is 120. The minimum Gasteiger partial charge on any atom is -0.466 e. The average Bonchev–Trinajstić information content (AvgIpc) is 2.18. The van der Waals surface area contributed by atoms with Crippen LogP contribution in [0.2, 0.25) is 0 Å². The number of esters is 1. The van der Waals surface area contributed by atoms with Crippen LogP contribution in [-0.2, 0) is 9.53 Å². The van der Waals surface area contributed by atoms with Gasteiger partial charge >= 0.3 is 5.97 Å². The van der Waals surface area contributed by atoms with E-state index in [1.54, 1.807) is 0 Å². The first-order chi connectivity index (χ1) is 6.22. The van der Waals surface area contributed by atoms with Gasteiger partial charge in [0, 0.05) is 6.08 Å². The molecule has 0 atom stereocenters. The van der Waals surface area contributed by atoms with Gasteiger partial charge in [-0.25, -0.2) is 4.79 Å². The molecule has 0 spiro atoms. The van der Waals surface area contributed by atoms with Crippen molar-refractivity contribution in [1.29, 1.82) is 0 Å². The monoisotopic (exact) mass is 187 g/mol. The van der Waals surface area contributed by atoms with E-state index in [1.807, 2.05) is 7.05 Å². The number of hydrogen-bond acceptors (Lipinski definition) is 3. The molecular formula is C10H21NO2. The zero-order chi connectivity index (χ0) is 10.5. The Labute approximate surface area is 81.2 Å². The van der Waals surface area contributed by atoms with Crippen molar-refractivity contribution in [1.82, 2.24) is 5.32 Å². The molecule has 0 aromatic rings. The summed E-state index contributed by atoms with van der Waals surface area (Å²) in [7, 11) is 3.31. The highest BCUT2D eigenvalue weighted by molar-refractivity contribution is 5.80. The summed E-state index contributed by atoms with van der Waals surface area (Å²) in [5.74, 6) is -0.394. The van der Waals surface area contributed by atoms with Crippen LogP contribution < -0.4 is 5.32 Å². The average molecular weight is 187 g/mol. The molecular weight excluding hydrogens is 166 g/mol. The van der Waals surface area contributed by atoms with E-state index in [2.05, 4.69) is 23.6 Å². The lowest BCUT2D eigenvalue weighted by atomic mass is 10.2. The molecule has 0 heterocycles. The number of unbranched alkanes of at least 4 members (excludes halogenated alkanes) is 2. The standard InChI is InChI=1S/C6H15N.C4H6O2/c1-3-4-5-6-7-2;1-3-4(5)6-2/h7H,3-6H2,1-2H3;3H,1H2,2H3. The summed E-state index contributed by atoms with van der Waals surface area (Å²) in [5.41, 5.74) is 0. The molecule has 78 valence electrons. The number of ether oxygens (including phenoxy) is 1. The van der Waals surface area contributed by atoms with Gasteiger partial charge < -0.3 is 10.1 Å². The molecule has 0 radical (unpaired) electrons. The maximum atomic E-state index is 9.84. The van der Waals surface area contributed by atoms with Gasteiger partial charge in [-0.2, -0.15) is 0 Å². The largest absolute Gasteiger partial charge is 0.466 e. The summed E-state index contributed by atoms with van der Waals surface area (Å²) in [6.45, 7) is 6.55. The third-order valence-electron chi connectivity index (χ3n) is 1.40. The Balaban J connectivity index is 0. The van der Waals surface area contributed by atoms with E-state index in [0.29, 0.717) is 0 Å². The highest BCUT2D eigenvalue weighted by Gasteiger charge is 1.82. The third kappa shape index (κ3) is 18.3. The molecule has 0 saturated carbocycles. The molecule has 1 N–H and O–H groups in total. The Morgan fingerprint density at radius 2 is 2.15 bits per heavy atom. The summed E-state index contributed by atoms with van der Waals surface area (Å²) < 4.78 is 4.14. The fourth-order valence-corrected chi connectivity index (χ4v) is 0.635. The van der Waals surface area contributed by atoms with Gasteiger partial charge in [-0.3, -0.25) is 0 Å². The molecule has 3 nitrogen and oxygen atoms in total. The van der Waals surface area contributed by atoms with Crippen LogP contribution in [0.5, 0.6) is 0 Å². The van der Waals surface area contributed by atoms with Crippen LogP contribution >= 0.6 is 0 Å². The number of carbonyl (C=O) groups excluding carboxylic acids is 1. The molecule has 0 aliphatic rings. The quantitative estimate of drug-likeness (QED) is 0.405. The van der Waals surface area contributed by atoms with Gasteiger partial charge in [0.2, 0.25) is 0 Å². The first-order valence-electron chi connectivity index (χ1n) is 4.57. The molecule has 0 saturated heterocycles. The van der Waals surface area contributed by atoms with E-state index in [1.165, 1.54) is 32.9 Å². The van der Waals surface area contributed by atoms with Gasteiger partial charge in [0.25, 0.3) is 0 Å². The van der Waals surface area contributed by atoms with Crippen LogP contribution in [0.4, 0.5) is 0 Å². The maximum absolute atomic E-state index is 9.84. The van der Waals surface area contributed by atoms with Gasteiger partial charge in [-0.05, 0) is 20.0 Å². The number of rotatable bonds is 5. The van der Waals surface area contributed by atoms with Crippen LogP contribution in [0.1, 0.15) is 26.2 Å². The van der Waals surface area contributed by atoms with Crippen molar-refractivity contribution < 1.29 is 9.53 Å². The van der Waals surface area contributed by atoms with Crippen molar-refractivity contribution in [2.75, 3.05) is 20.7 Å². The predicted molar refractivity (Wildman–Crippen MR) is 55.7 cm³/mol. The van der Waals surface area contributed by atoms with E-state index in [4.69, 9.17) is 0 Å². The van der Waals surface area contributed by atoms with Crippen LogP contribution in [-0.4, -0.2) is 26.7 Å². The number of nitrogens with one attached hydrogen (secondary N) is 1. The first kappa shape index (κ1) is 14.7. The van der Waals surface area contributed by atoms with Crippen molar-refractivity contribution >= 4 is 5.97 Å². The smallest absolute Gasteiger partial charge is 0.329 e. The van der Waals surface area contributed by atoms with Gasteiger partial charge in [0.1, 0.15) is 0 Å². The summed E-state index contributed by atoms with van der Waals surface area (Å²) >= 11 is 0. The topological polar surface area (TPSA) is 38.3 Å². The third-order valence-corrected chi connectivity index (χ3v) is 1.40. The number of carbonyl (C=O) groups is 1. The minimum atomic E-state index is -0.394. The first-order valence-corrected chi connectivity index (χ1v) is 4.57. The second kappa shape index (κ2) is 13.7. The zero-order valence-electron chi connectivity index (χ0n) is 8.93. The molecule has 0 fully saturated rings. The lowest BCUT2D eigenvalue weighted by Crippen LogP contribution is -2.06. The van der Waals surface area contributed by atoms with Crippen molar-refractivity contribution in [3.63, 3.8) is 0 Å². The molecule has 0 aliphatic carbocycles. The summed E-state index contributed by atoms with van der Waals surface area (Å²) in [6, 6.07) is 0. The normalized spacial score (nSPS) is 8.23. The molecule has 0 amide bonds. The summed E-state index contributed by atoms with van der Waals surface area (Å²) in [4.78, 5) is 9.84. The van der Waals surface area contributed by atoms with E-state index in [-0.39, 0.29) is 0 Å². The Hall–Kier alpha value is -0.830. The molecule has 0 aromatic carbocycles. The highest BCUT2D eigenvalue weighted by Crippen LogP contribution is 1.89. The van der Waals surface area contributed by atoms with Crippen LogP contribution in [0, 0.1) is 0 Å². The molecule has 0 aliphatic heterocycles. The molecule has 0 rings (SSSR count). The predicted octanol–water partition coefficient (Wildman–Crippen LogP) is 1.74. The van der Waals surface area contributed by atoms with Gasteiger partial charge in [0.15, 0.2) is 0 Å². The number of hydrogen-bond donors (Lipinski definition) is 1. The fourth-order valence-electron chi connectivity index (χ4n) is 0.635. The van der Waals surface area contributed by atoms with Crippen molar-refractivity contribution in [3.8, 4) is 0 Å². The second-order valence-corrected chi connectivity index (χ2v) is 2.54. The summed E-state index contributed by atoms with van der Waals surface area (Å²) in [5, 5.41) is 3.10. The number of methoxy groups -OCH3 is 1. The summed E-state index contributed by atoms with van der Waals surface area (Å²) in [6.07, 6.45) is 5.12. The highest BCUT2D eigenvalue weighted by atomic mass is 16.5. The van der Waals surface area contributed by atoms with Gasteiger partial charge in [-0.15, -0.1) is 0 Å². The fraction of sp³-hybridized carbons (Fsp3) is 0.700. The second-order valence-electron chi connectivity index (χ2n) is 2.54. The minimum absolute atomic E-state index is 0.394. The SMILES string of the molecule is C=CC(=O)OC.CCCCCNC. The Kier molecular flexibility index (Phi) is 15.5. The van der Waals surface area contributed by atoms with Gasteiger partial charge in [0.05, 0.1) is 7.11 Å². The van der Waals surface area contributed by atoms with Crippen molar-refractivity contribution in [2.45, 2.75) is 26.2 Å².